The summed E-state index contributed by atoms with van der Waals surface area (Å²) in [6.45, 7) is 7.29. The van der Waals surface area contributed by atoms with Crippen LogP contribution in [0.25, 0.3) is 16.8 Å². The molecule has 2 aliphatic rings. The van der Waals surface area contributed by atoms with Crippen LogP contribution in [0, 0.1) is 0 Å². The van der Waals surface area contributed by atoms with Crippen LogP contribution in [0.3, 0.4) is 0 Å². The van der Waals surface area contributed by atoms with E-state index in [0.29, 0.717) is 33.4 Å². The predicted octanol–water partition coefficient (Wildman–Crippen LogP) is 4.78. The summed E-state index contributed by atoms with van der Waals surface area (Å²) in [6, 6.07) is 10.1. The molecule has 1 aliphatic carbocycles. The number of carbonyl (C=O) groups excluding carboxylic acids is 1. The molecule has 1 aliphatic heterocycles. The number of aliphatic hydroxyl groups is 1. The van der Waals surface area contributed by atoms with Gasteiger partial charge in [-0.3, -0.25) is 9.59 Å². The van der Waals surface area contributed by atoms with Crippen LogP contribution in [0.2, 0.25) is 0 Å². The summed E-state index contributed by atoms with van der Waals surface area (Å²) in [4.78, 5) is 26.1. The molecule has 37 heavy (non-hydrogen) atoms. The van der Waals surface area contributed by atoms with Gasteiger partial charge in [-0.05, 0) is 67.3 Å². The van der Waals surface area contributed by atoms with Crippen molar-refractivity contribution in [3.8, 4) is 23.0 Å². The first kappa shape index (κ1) is 24.8. The molecule has 3 aromatic carbocycles. The van der Waals surface area contributed by atoms with Crippen molar-refractivity contribution in [2.45, 2.75) is 51.2 Å². The molecule has 7 nitrogen and oxygen atoms in total. The predicted molar refractivity (Wildman–Crippen MR) is 141 cm³/mol. The molecule has 1 heterocycles. The van der Waals surface area contributed by atoms with E-state index in [0.717, 1.165) is 11.1 Å². The van der Waals surface area contributed by atoms with Crippen LogP contribution in [0.1, 0.15) is 62.0 Å². The molecule has 192 valence electrons. The molecule has 0 unspecified atom stereocenters. The fraction of sp³-hybridized carbons (Fsp3) is 0.333. The minimum Gasteiger partial charge on any atom is -0.504 e. The fourth-order valence-electron chi connectivity index (χ4n) is 5.10. The molecule has 0 amide bonds. The number of carbonyl (C=O) groups is 1. The van der Waals surface area contributed by atoms with Crippen molar-refractivity contribution >= 4 is 22.6 Å². The average molecular weight is 503 g/mol. The van der Waals surface area contributed by atoms with E-state index in [4.69, 9.17) is 14.2 Å². The highest BCUT2D eigenvalue weighted by Gasteiger charge is 2.37. The van der Waals surface area contributed by atoms with Gasteiger partial charge in [0.1, 0.15) is 0 Å². The molecule has 0 aromatic heterocycles. The standard InChI is InChI=1S/C30H30O7/c1-15(2)18-12-19-20(10-16-7-9-26(34)30(3,4)21(16)13-23(19)33)29-28(18)37-27(25(14-31)36-29)17-6-8-22(32)24(11-17)35-5/h6-13,15,25,27,31-32H,14H2,1-5H3/t25-,27-/m0/s1. The number of aromatic hydroxyl groups is 1. The van der Waals surface area contributed by atoms with E-state index in [1.54, 1.807) is 24.3 Å². The van der Waals surface area contributed by atoms with Crippen molar-refractivity contribution in [1.29, 1.82) is 0 Å². The van der Waals surface area contributed by atoms with Crippen molar-refractivity contribution in [1.82, 2.24) is 0 Å². The van der Waals surface area contributed by atoms with Gasteiger partial charge < -0.3 is 24.4 Å². The molecule has 0 spiro atoms. The summed E-state index contributed by atoms with van der Waals surface area (Å²) in [5.41, 5.74) is 1.82. The lowest BCUT2D eigenvalue weighted by Gasteiger charge is -2.35. The summed E-state index contributed by atoms with van der Waals surface area (Å²) >= 11 is 0. The van der Waals surface area contributed by atoms with Gasteiger partial charge in [-0.1, -0.05) is 26.0 Å². The van der Waals surface area contributed by atoms with E-state index >= 15 is 0 Å². The number of allylic oxidation sites excluding steroid dienone is 1. The maximum Gasteiger partial charge on any atom is 0.186 e. The van der Waals surface area contributed by atoms with Gasteiger partial charge >= 0.3 is 0 Å². The average Bonchev–Trinajstić information content (AvgIpc) is 3.02. The third kappa shape index (κ3) is 3.94. The molecule has 0 bridgehead atoms. The van der Waals surface area contributed by atoms with Crippen molar-refractivity contribution < 1.29 is 29.2 Å². The van der Waals surface area contributed by atoms with Crippen molar-refractivity contribution in [3.63, 3.8) is 0 Å². The van der Waals surface area contributed by atoms with Gasteiger partial charge in [0, 0.05) is 21.9 Å². The second-order valence-electron chi connectivity index (χ2n) is 10.4. The Morgan fingerprint density at radius 2 is 1.76 bits per heavy atom. The second-order valence-corrected chi connectivity index (χ2v) is 10.4. The number of methoxy groups -OCH3 is 1. The van der Waals surface area contributed by atoms with Gasteiger partial charge in [0.25, 0.3) is 0 Å². The van der Waals surface area contributed by atoms with Gasteiger partial charge in [0.05, 0.1) is 19.1 Å². The Hall–Kier alpha value is -3.84. The number of rotatable bonds is 4. The number of hydrogen-bond donors (Lipinski definition) is 2. The maximum atomic E-state index is 13.5. The van der Waals surface area contributed by atoms with E-state index in [-0.39, 0.29) is 35.2 Å². The van der Waals surface area contributed by atoms with Crippen molar-refractivity contribution in [3.05, 3.63) is 75.0 Å². The van der Waals surface area contributed by atoms with Crippen LogP contribution in [-0.4, -0.2) is 35.8 Å². The number of phenols is 1. The van der Waals surface area contributed by atoms with Crippen LogP contribution in [0.4, 0.5) is 0 Å². The Morgan fingerprint density at radius 1 is 1.00 bits per heavy atom. The zero-order chi connectivity index (χ0) is 26.6. The Bertz CT molecular complexity index is 1520. The van der Waals surface area contributed by atoms with Crippen LogP contribution >= 0.6 is 0 Å². The van der Waals surface area contributed by atoms with Crippen molar-refractivity contribution in [2.75, 3.05) is 13.7 Å². The molecule has 0 saturated carbocycles. The number of ether oxygens (including phenoxy) is 3. The lowest BCUT2D eigenvalue weighted by atomic mass is 9.76. The summed E-state index contributed by atoms with van der Waals surface area (Å²) in [6.07, 6.45) is 1.80. The topological polar surface area (TPSA) is 102 Å². The van der Waals surface area contributed by atoms with Gasteiger partial charge in [0.15, 0.2) is 46.4 Å². The lowest BCUT2D eigenvalue weighted by molar-refractivity contribution is -0.118. The summed E-state index contributed by atoms with van der Waals surface area (Å²) in [5.74, 6) is 1.10. The van der Waals surface area contributed by atoms with Crippen LogP contribution in [0.5, 0.6) is 23.0 Å². The van der Waals surface area contributed by atoms with E-state index < -0.39 is 17.6 Å². The maximum absolute atomic E-state index is 13.5. The Labute approximate surface area is 214 Å². The smallest absolute Gasteiger partial charge is 0.186 e. The molecule has 5 rings (SSSR count). The highest BCUT2D eigenvalue weighted by molar-refractivity contribution is 6.05. The van der Waals surface area contributed by atoms with Gasteiger partial charge in [-0.2, -0.15) is 0 Å². The second kappa shape index (κ2) is 8.92. The fourth-order valence-corrected chi connectivity index (χ4v) is 5.10. The first-order valence-electron chi connectivity index (χ1n) is 12.3. The highest BCUT2D eigenvalue weighted by atomic mass is 16.6. The van der Waals surface area contributed by atoms with E-state index in [9.17, 15) is 19.8 Å². The minimum atomic E-state index is -0.840. The highest BCUT2D eigenvalue weighted by Crippen LogP contribution is 2.49. The number of hydrogen-bond acceptors (Lipinski definition) is 7. The van der Waals surface area contributed by atoms with E-state index in [1.165, 1.54) is 19.3 Å². The Morgan fingerprint density at radius 3 is 2.43 bits per heavy atom. The summed E-state index contributed by atoms with van der Waals surface area (Å²) in [5, 5.41) is 21.3. The molecule has 0 radical (unpaired) electrons. The first-order chi connectivity index (χ1) is 17.6. The lowest BCUT2D eigenvalue weighted by Crippen LogP contribution is -2.36. The number of fused-ring (bicyclic) bond motifs is 4. The molecule has 3 aromatic rings. The minimum absolute atomic E-state index is 0.000110. The van der Waals surface area contributed by atoms with Crippen molar-refractivity contribution in [2.24, 2.45) is 0 Å². The summed E-state index contributed by atoms with van der Waals surface area (Å²) < 4.78 is 18.2. The molecule has 0 saturated heterocycles. The van der Waals surface area contributed by atoms with Crippen LogP contribution in [-0.2, 0) is 10.2 Å². The molecule has 2 N–H and O–H groups in total. The number of benzene rings is 2. The third-order valence-electron chi connectivity index (χ3n) is 7.34. The Kier molecular flexibility index (Phi) is 5.99. The zero-order valence-electron chi connectivity index (χ0n) is 21.5. The Balaban J connectivity index is 1.78. The SMILES string of the molecule is COc1cc([C@@H]2Oc3c(C(C)C)cc4c(=O)cc5c(cc4c3O[C@H]2CO)C=CC(=O)C5(C)C)ccc1O. The van der Waals surface area contributed by atoms with E-state index in [2.05, 4.69) is 0 Å². The quantitative estimate of drug-likeness (QED) is 0.529. The van der Waals surface area contributed by atoms with E-state index in [1.807, 2.05) is 39.8 Å². The first-order valence-corrected chi connectivity index (χ1v) is 12.3. The van der Waals surface area contributed by atoms with Gasteiger partial charge in [-0.25, -0.2) is 0 Å². The number of aliphatic hydroxyl groups excluding tert-OH is 1. The number of ketones is 1. The van der Waals surface area contributed by atoms with Gasteiger partial charge in [-0.15, -0.1) is 0 Å². The van der Waals surface area contributed by atoms with Crippen LogP contribution in [0.15, 0.2) is 47.3 Å². The number of phenolic OH excluding ortho intramolecular Hbond substituents is 1. The molecule has 0 fully saturated rings. The normalized spacial score (nSPS) is 19.7. The molecule has 2 atom stereocenters. The molecule has 7 heteroatoms. The molecular formula is C30H30O7. The molecular weight excluding hydrogens is 472 g/mol. The van der Waals surface area contributed by atoms with Crippen LogP contribution < -0.4 is 19.6 Å². The van der Waals surface area contributed by atoms with Gasteiger partial charge in [0.2, 0.25) is 0 Å². The zero-order valence-corrected chi connectivity index (χ0v) is 21.5. The largest absolute Gasteiger partial charge is 0.504 e. The third-order valence-corrected chi connectivity index (χ3v) is 7.34. The monoisotopic (exact) mass is 502 g/mol. The summed E-state index contributed by atoms with van der Waals surface area (Å²) in [7, 11) is 1.46.